The quantitative estimate of drug-likeness (QED) is 0.203. The van der Waals surface area contributed by atoms with E-state index in [1.807, 2.05) is 0 Å². The molecule has 0 spiro atoms. The molecule has 7 rings (SSSR count). The van der Waals surface area contributed by atoms with E-state index < -0.39 is 0 Å². The topological polar surface area (TPSA) is 0 Å². The van der Waals surface area contributed by atoms with Gasteiger partial charge in [-0.1, -0.05) is 117 Å². The van der Waals surface area contributed by atoms with E-state index in [1.54, 1.807) is 0 Å². The molecule has 2 aliphatic rings. The second-order valence-corrected chi connectivity index (χ2v) is 11.0. The second-order valence-electron chi connectivity index (χ2n) is 9.96. The van der Waals surface area contributed by atoms with E-state index in [0.717, 1.165) is 22.4 Å². The Hall–Kier alpha value is -2.22. The Morgan fingerprint density at radius 1 is 0.750 bits per heavy atom. The first-order valence-electron chi connectivity index (χ1n) is 13.3. The molecule has 0 aliphatic heterocycles. The summed E-state index contributed by atoms with van der Waals surface area (Å²) in [6, 6.07) is 39.2. The van der Waals surface area contributed by atoms with Gasteiger partial charge in [-0.25, -0.2) is 0 Å². The van der Waals surface area contributed by atoms with Crippen molar-refractivity contribution in [3.05, 3.63) is 137 Å². The van der Waals surface area contributed by atoms with Gasteiger partial charge in [0, 0.05) is 15.4 Å². The Kier molecular flexibility index (Phi) is 11.4. The summed E-state index contributed by atoms with van der Waals surface area (Å²) in [4.78, 5) is 0. The van der Waals surface area contributed by atoms with Crippen LogP contribution >= 0.6 is 0 Å². The van der Waals surface area contributed by atoms with Crippen LogP contribution in [0.15, 0.2) is 103 Å². The van der Waals surface area contributed by atoms with Gasteiger partial charge in [0.1, 0.15) is 0 Å². The maximum absolute atomic E-state index is 3.70. The molecule has 0 bridgehead atoms. The second kappa shape index (κ2) is 14.1. The molecule has 0 heterocycles. The maximum atomic E-state index is 3.70. The first-order chi connectivity index (χ1) is 18.2. The predicted molar refractivity (Wildman–Crippen MR) is 160 cm³/mol. The van der Waals surface area contributed by atoms with Crippen LogP contribution in [0.5, 0.6) is 0 Å². The summed E-state index contributed by atoms with van der Waals surface area (Å²) in [6.07, 6.45) is 4.51. The third-order valence-electron chi connectivity index (χ3n) is 7.74. The number of hydrogen-bond acceptors (Lipinski definition) is 0. The van der Waals surface area contributed by atoms with E-state index >= 15 is 0 Å². The van der Waals surface area contributed by atoms with Crippen LogP contribution in [0.1, 0.15) is 47.1 Å². The van der Waals surface area contributed by atoms with Crippen molar-refractivity contribution >= 4 is 26.4 Å². The molecular formula is C36H31Cl2SiZr. The average Bonchev–Trinajstić information content (AvgIpc) is 3.51. The van der Waals surface area contributed by atoms with Crippen LogP contribution in [-0.4, -0.2) is 9.52 Å². The van der Waals surface area contributed by atoms with Crippen molar-refractivity contribution < 1.29 is 51.0 Å². The first kappa shape index (κ1) is 32.3. The van der Waals surface area contributed by atoms with Crippen LogP contribution in [0.4, 0.5) is 0 Å². The molecule has 3 radical (unpaired) electrons. The van der Waals surface area contributed by atoms with Gasteiger partial charge >= 0.3 is 26.2 Å². The predicted octanol–water partition coefficient (Wildman–Crippen LogP) is 3.61. The van der Waals surface area contributed by atoms with Crippen molar-refractivity contribution in [3.63, 3.8) is 0 Å². The minimum Gasteiger partial charge on any atom is -1.00 e. The van der Waals surface area contributed by atoms with E-state index in [9.17, 15) is 0 Å². The van der Waals surface area contributed by atoms with Crippen molar-refractivity contribution in [1.82, 2.24) is 0 Å². The molecule has 0 nitrogen and oxygen atoms in total. The standard InChI is InChI=1S/C34H25.C2H6Si.2ClH.Zr/c1-2-22-20-32-29(27-15-7-12-23-10-3-5-13-25(23)27)17-9-19-30(32)34(22)31-18-8-16-28-26-14-6-4-11-24(26)21-33(28)31;1-3-2;;;/h3-17,19-20,34H,2,21H2,1H3;1-2H3;2*1H;/q-1;;;;+3/p-2. The molecule has 197 valence electrons. The van der Waals surface area contributed by atoms with Crippen molar-refractivity contribution in [1.29, 1.82) is 0 Å². The third kappa shape index (κ3) is 5.62. The van der Waals surface area contributed by atoms with E-state index in [4.69, 9.17) is 0 Å². The van der Waals surface area contributed by atoms with Crippen LogP contribution in [0, 0.1) is 6.07 Å². The van der Waals surface area contributed by atoms with Crippen molar-refractivity contribution in [2.45, 2.75) is 38.8 Å². The third-order valence-corrected chi connectivity index (χ3v) is 7.74. The normalized spacial score (nSPS) is 13.8. The number of benzene rings is 5. The molecule has 0 saturated carbocycles. The van der Waals surface area contributed by atoms with Crippen molar-refractivity contribution in [2.24, 2.45) is 0 Å². The molecule has 5 aromatic rings. The molecule has 0 saturated heterocycles. The van der Waals surface area contributed by atoms with Gasteiger partial charge in [-0.05, 0) is 57.0 Å². The molecule has 2 aliphatic carbocycles. The van der Waals surface area contributed by atoms with E-state index in [2.05, 4.69) is 129 Å². The molecule has 1 atom stereocenters. The fourth-order valence-corrected chi connectivity index (χ4v) is 6.18. The van der Waals surface area contributed by atoms with Gasteiger partial charge in [-0.15, -0.1) is 16.7 Å². The van der Waals surface area contributed by atoms with E-state index in [-0.39, 0.29) is 56.9 Å². The largest absolute Gasteiger partial charge is 3.00 e. The van der Waals surface area contributed by atoms with Crippen LogP contribution < -0.4 is 24.8 Å². The van der Waals surface area contributed by atoms with Crippen molar-refractivity contribution in [2.75, 3.05) is 0 Å². The zero-order valence-corrected chi connectivity index (χ0v) is 28.0. The summed E-state index contributed by atoms with van der Waals surface area (Å²) < 4.78 is 0. The minimum absolute atomic E-state index is 0. The molecule has 0 N–H and O–H groups in total. The Balaban J connectivity index is 0.000000706. The molecular weight excluding hydrogens is 623 g/mol. The first-order valence-corrected chi connectivity index (χ1v) is 15.3. The molecule has 4 heteroatoms. The summed E-state index contributed by atoms with van der Waals surface area (Å²) in [5.74, 6) is 0.277. The smallest absolute Gasteiger partial charge is 1.00 e. The number of halogens is 2. The zero-order chi connectivity index (χ0) is 25.4. The summed E-state index contributed by atoms with van der Waals surface area (Å²) >= 11 is 0. The summed E-state index contributed by atoms with van der Waals surface area (Å²) in [7, 11) is 1.08. The van der Waals surface area contributed by atoms with Crippen LogP contribution in [0.3, 0.4) is 0 Å². The Bertz CT molecular complexity index is 1650. The molecule has 5 aromatic carbocycles. The van der Waals surface area contributed by atoms with Crippen LogP contribution in [0.2, 0.25) is 13.1 Å². The maximum Gasteiger partial charge on any atom is 3.00 e. The van der Waals surface area contributed by atoms with Gasteiger partial charge < -0.3 is 24.8 Å². The Labute approximate surface area is 273 Å². The number of allylic oxidation sites excluding steroid dienone is 1. The SMILES string of the molecule is CCC1=Cc2c(-c3cccc4ccccc34)cccc2C1c1[c-]ccc2c1Cc1ccccc1-2.C[Si]C.[Cl-].[Cl-].[Zr+3]. The van der Waals surface area contributed by atoms with Gasteiger partial charge in [0.2, 0.25) is 0 Å². The number of fused-ring (bicyclic) bond motifs is 5. The van der Waals surface area contributed by atoms with Gasteiger partial charge in [0.15, 0.2) is 0 Å². The molecule has 0 fully saturated rings. The summed E-state index contributed by atoms with van der Waals surface area (Å²) in [5.41, 5.74) is 14.0. The number of rotatable bonds is 3. The van der Waals surface area contributed by atoms with Crippen LogP contribution in [0.25, 0.3) is 39.1 Å². The van der Waals surface area contributed by atoms with Crippen LogP contribution in [-0.2, 0) is 32.6 Å². The molecule has 40 heavy (non-hydrogen) atoms. The van der Waals surface area contributed by atoms with Gasteiger partial charge in [0.05, 0.1) is 0 Å². The fourth-order valence-electron chi connectivity index (χ4n) is 6.18. The van der Waals surface area contributed by atoms with Gasteiger partial charge in [-0.3, -0.25) is 0 Å². The molecule has 0 aromatic heterocycles. The molecule has 0 amide bonds. The average molecular weight is 654 g/mol. The van der Waals surface area contributed by atoms with Gasteiger partial charge in [0.25, 0.3) is 0 Å². The monoisotopic (exact) mass is 651 g/mol. The fraction of sp³-hybridized carbons (Fsp3) is 0.167. The Morgan fingerprint density at radius 3 is 2.20 bits per heavy atom. The number of hydrogen-bond donors (Lipinski definition) is 0. The van der Waals surface area contributed by atoms with E-state index in [1.165, 1.54) is 66.4 Å². The minimum atomic E-state index is 0. The summed E-state index contributed by atoms with van der Waals surface area (Å²) in [5, 5.41) is 2.61. The van der Waals surface area contributed by atoms with E-state index in [0.29, 0.717) is 0 Å². The molecule has 1 unspecified atom stereocenters. The van der Waals surface area contributed by atoms with Gasteiger partial charge in [-0.2, -0.15) is 18.2 Å². The van der Waals surface area contributed by atoms with Crippen molar-refractivity contribution in [3.8, 4) is 22.3 Å². The summed E-state index contributed by atoms with van der Waals surface area (Å²) in [6.45, 7) is 6.60. The zero-order valence-electron chi connectivity index (χ0n) is 23.1. The Morgan fingerprint density at radius 2 is 1.40 bits per heavy atom.